The van der Waals surface area contributed by atoms with E-state index < -0.39 is 0 Å². The number of rotatable bonds is 15. The second-order valence-electron chi connectivity index (χ2n) is 6.91. The third-order valence-electron chi connectivity index (χ3n) is 4.70. The van der Waals surface area contributed by atoms with Crippen LogP contribution >= 0.6 is 0 Å². The van der Waals surface area contributed by atoms with Crippen molar-refractivity contribution in [2.24, 2.45) is 0 Å². The van der Waals surface area contributed by atoms with Crippen molar-refractivity contribution in [2.75, 3.05) is 61.3 Å². The van der Waals surface area contributed by atoms with Crippen LogP contribution in [0.2, 0.25) is 0 Å². The fourth-order valence-electron chi connectivity index (χ4n) is 2.93. The summed E-state index contributed by atoms with van der Waals surface area (Å²) in [5, 5.41) is 6.32. The average Bonchev–Trinajstić information content (AvgIpc) is 2.81. The topological polar surface area (TPSA) is 69.2 Å². The van der Waals surface area contributed by atoms with Crippen LogP contribution < -0.4 is 15.5 Å². The summed E-state index contributed by atoms with van der Waals surface area (Å²) in [6.45, 7) is 17.4. The highest BCUT2D eigenvalue weighted by Crippen LogP contribution is 2.14. The van der Waals surface area contributed by atoms with E-state index in [-0.39, 0.29) is 0 Å². The summed E-state index contributed by atoms with van der Waals surface area (Å²) in [7, 11) is 0. The highest BCUT2D eigenvalue weighted by Gasteiger charge is 2.13. The van der Waals surface area contributed by atoms with Crippen LogP contribution in [0.25, 0.3) is 6.08 Å². The van der Waals surface area contributed by atoms with E-state index in [0.29, 0.717) is 30.9 Å². The van der Waals surface area contributed by atoms with Gasteiger partial charge in [-0.2, -0.15) is 15.0 Å². The van der Waals surface area contributed by atoms with Gasteiger partial charge in [-0.15, -0.1) is 13.2 Å². The SMILES string of the molecule is C=CCNc1nc(NCC=C)nc(N(CC)CCN(CC)CC=Cc2ccccc2)n1. The molecule has 2 aromatic rings. The van der Waals surface area contributed by atoms with Crippen molar-refractivity contribution < 1.29 is 0 Å². The first-order valence-corrected chi connectivity index (χ1v) is 10.8. The molecule has 1 aromatic carbocycles. The Morgan fingerprint density at radius 3 is 2.06 bits per heavy atom. The Balaban J connectivity index is 2.02. The van der Waals surface area contributed by atoms with E-state index in [4.69, 9.17) is 0 Å². The van der Waals surface area contributed by atoms with Crippen LogP contribution in [0, 0.1) is 0 Å². The lowest BCUT2D eigenvalue weighted by molar-refractivity contribution is 0.325. The highest BCUT2D eigenvalue weighted by atomic mass is 15.3. The lowest BCUT2D eigenvalue weighted by atomic mass is 10.2. The molecule has 0 aliphatic carbocycles. The van der Waals surface area contributed by atoms with Crippen LogP contribution in [0.1, 0.15) is 19.4 Å². The summed E-state index contributed by atoms with van der Waals surface area (Å²) in [6, 6.07) is 10.4. The van der Waals surface area contributed by atoms with Crippen molar-refractivity contribution >= 4 is 23.9 Å². The molecule has 0 saturated carbocycles. The van der Waals surface area contributed by atoms with Crippen LogP contribution in [0.5, 0.6) is 0 Å². The molecule has 31 heavy (non-hydrogen) atoms. The van der Waals surface area contributed by atoms with Crippen molar-refractivity contribution in [3.8, 4) is 0 Å². The van der Waals surface area contributed by atoms with Gasteiger partial charge in [0, 0.05) is 39.3 Å². The molecular formula is C24H35N7. The summed E-state index contributed by atoms with van der Waals surface area (Å²) in [5.41, 5.74) is 1.22. The van der Waals surface area contributed by atoms with Gasteiger partial charge in [0.25, 0.3) is 0 Å². The first kappa shape index (κ1) is 24.1. The second kappa shape index (κ2) is 13.9. The van der Waals surface area contributed by atoms with Gasteiger partial charge in [0.2, 0.25) is 17.8 Å². The average molecular weight is 422 g/mol. The zero-order chi connectivity index (χ0) is 22.3. The Kier molecular flexibility index (Phi) is 10.8. The Labute approximate surface area is 186 Å². The Bertz CT molecular complexity index is 790. The summed E-state index contributed by atoms with van der Waals surface area (Å²) < 4.78 is 0. The van der Waals surface area contributed by atoms with E-state index in [1.54, 1.807) is 12.2 Å². The molecule has 0 atom stereocenters. The van der Waals surface area contributed by atoms with E-state index in [2.05, 4.69) is 98.8 Å². The normalized spacial score (nSPS) is 10.9. The van der Waals surface area contributed by atoms with Gasteiger partial charge >= 0.3 is 0 Å². The maximum absolute atomic E-state index is 4.60. The summed E-state index contributed by atoms with van der Waals surface area (Å²) in [6.07, 6.45) is 7.94. The van der Waals surface area contributed by atoms with Crippen molar-refractivity contribution in [3.63, 3.8) is 0 Å². The number of hydrogen-bond donors (Lipinski definition) is 2. The zero-order valence-corrected chi connectivity index (χ0v) is 18.8. The molecule has 2 N–H and O–H groups in total. The van der Waals surface area contributed by atoms with E-state index in [1.807, 2.05) is 6.07 Å². The fourth-order valence-corrected chi connectivity index (χ4v) is 2.93. The molecule has 0 fully saturated rings. The Hall–Kier alpha value is -3.19. The molecule has 0 saturated heterocycles. The lowest BCUT2D eigenvalue weighted by Gasteiger charge is -2.26. The maximum atomic E-state index is 4.60. The minimum Gasteiger partial charge on any atom is -0.351 e. The third kappa shape index (κ3) is 8.60. The number of nitrogens with zero attached hydrogens (tertiary/aromatic N) is 5. The number of nitrogens with one attached hydrogen (secondary N) is 2. The number of anilines is 3. The molecule has 0 aliphatic rings. The van der Waals surface area contributed by atoms with Gasteiger partial charge in [-0.05, 0) is 19.0 Å². The molecule has 0 aliphatic heterocycles. The predicted octanol–water partition coefficient (Wildman–Crippen LogP) is 3.93. The van der Waals surface area contributed by atoms with E-state index in [1.165, 1.54) is 5.56 Å². The van der Waals surface area contributed by atoms with Gasteiger partial charge in [-0.25, -0.2) is 0 Å². The first-order valence-electron chi connectivity index (χ1n) is 10.8. The van der Waals surface area contributed by atoms with Crippen molar-refractivity contribution in [3.05, 3.63) is 67.3 Å². The standard InChI is InChI=1S/C24H35N7/c1-5-16-25-22-27-23(26-17-6-2)29-24(28-22)31(8-4)20-19-30(7-3)18-12-15-21-13-10-9-11-14-21/h5-6,9-15H,1-2,7-8,16-20H2,3-4H3,(H2,25,26,27,28,29). The summed E-state index contributed by atoms with van der Waals surface area (Å²) >= 11 is 0. The summed E-state index contributed by atoms with van der Waals surface area (Å²) in [5.74, 6) is 1.73. The van der Waals surface area contributed by atoms with Gasteiger partial charge in [-0.1, -0.05) is 61.6 Å². The minimum absolute atomic E-state index is 0.535. The molecule has 1 heterocycles. The largest absolute Gasteiger partial charge is 0.351 e. The molecule has 7 heteroatoms. The van der Waals surface area contributed by atoms with Crippen LogP contribution in [0.15, 0.2) is 61.7 Å². The molecule has 7 nitrogen and oxygen atoms in total. The van der Waals surface area contributed by atoms with E-state index in [0.717, 1.165) is 32.7 Å². The van der Waals surface area contributed by atoms with E-state index >= 15 is 0 Å². The Morgan fingerprint density at radius 1 is 0.871 bits per heavy atom. The molecule has 0 amide bonds. The number of benzene rings is 1. The molecule has 0 bridgehead atoms. The van der Waals surface area contributed by atoms with Gasteiger partial charge in [0.05, 0.1) is 0 Å². The van der Waals surface area contributed by atoms with Crippen molar-refractivity contribution in [1.82, 2.24) is 19.9 Å². The van der Waals surface area contributed by atoms with Crippen LogP contribution in [0.3, 0.4) is 0 Å². The zero-order valence-electron chi connectivity index (χ0n) is 18.8. The molecule has 0 unspecified atom stereocenters. The smallest absolute Gasteiger partial charge is 0.231 e. The highest BCUT2D eigenvalue weighted by molar-refractivity contribution is 5.48. The van der Waals surface area contributed by atoms with Crippen LogP contribution in [0.4, 0.5) is 17.8 Å². The number of hydrogen-bond acceptors (Lipinski definition) is 7. The molecule has 0 spiro atoms. The van der Waals surface area contributed by atoms with Crippen LogP contribution in [-0.4, -0.2) is 65.7 Å². The second-order valence-corrected chi connectivity index (χ2v) is 6.91. The first-order chi connectivity index (χ1) is 15.2. The van der Waals surface area contributed by atoms with Gasteiger partial charge in [0.15, 0.2) is 0 Å². The number of likely N-dealkylation sites (N-methyl/N-ethyl adjacent to an activating group) is 2. The van der Waals surface area contributed by atoms with Gasteiger partial charge in [0.1, 0.15) is 0 Å². The number of aromatic nitrogens is 3. The van der Waals surface area contributed by atoms with Crippen LogP contribution in [-0.2, 0) is 0 Å². The molecular weight excluding hydrogens is 386 g/mol. The Morgan fingerprint density at radius 2 is 1.52 bits per heavy atom. The molecule has 166 valence electrons. The quantitative estimate of drug-likeness (QED) is 0.422. The van der Waals surface area contributed by atoms with Gasteiger partial charge < -0.3 is 15.5 Å². The molecule has 1 aromatic heterocycles. The molecule has 0 radical (unpaired) electrons. The molecule has 2 rings (SSSR count). The maximum Gasteiger partial charge on any atom is 0.231 e. The lowest BCUT2D eigenvalue weighted by Crippen LogP contribution is -2.36. The van der Waals surface area contributed by atoms with Gasteiger partial charge in [-0.3, -0.25) is 4.90 Å². The predicted molar refractivity (Wildman–Crippen MR) is 133 cm³/mol. The van der Waals surface area contributed by atoms with E-state index in [9.17, 15) is 0 Å². The van der Waals surface area contributed by atoms with Crippen molar-refractivity contribution in [1.29, 1.82) is 0 Å². The third-order valence-corrected chi connectivity index (χ3v) is 4.70. The fraction of sp³-hybridized carbons (Fsp3) is 0.375. The van der Waals surface area contributed by atoms with Crippen molar-refractivity contribution in [2.45, 2.75) is 13.8 Å². The monoisotopic (exact) mass is 421 g/mol. The summed E-state index contributed by atoms with van der Waals surface area (Å²) in [4.78, 5) is 18.2. The minimum atomic E-state index is 0.535.